The van der Waals surface area contributed by atoms with Gasteiger partial charge in [0.1, 0.15) is 0 Å². The van der Waals surface area contributed by atoms with Gasteiger partial charge in [-0.05, 0) is 25.3 Å². The van der Waals surface area contributed by atoms with Gasteiger partial charge < -0.3 is 4.90 Å². The van der Waals surface area contributed by atoms with Gasteiger partial charge in [-0.3, -0.25) is 0 Å². The average Bonchev–Trinajstić information content (AvgIpc) is 2.35. The van der Waals surface area contributed by atoms with Gasteiger partial charge in [0.05, 0.1) is 0 Å². The highest BCUT2D eigenvalue weighted by Crippen LogP contribution is 2.27. The maximum atomic E-state index is 4.24. The minimum atomic E-state index is 0.135. The lowest BCUT2D eigenvalue weighted by Gasteiger charge is -2.35. The first kappa shape index (κ1) is 15.6. The Hall–Kier alpha value is -1.50. The van der Waals surface area contributed by atoms with Crippen LogP contribution in [0.5, 0.6) is 0 Å². The summed E-state index contributed by atoms with van der Waals surface area (Å²) in [5, 5.41) is 0. The molecule has 0 saturated carbocycles. The molecule has 0 N–H and O–H groups in total. The molecule has 1 heterocycles. The fraction of sp³-hybridized carbons (Fsp3) is 0.444. The van der Waals surface area contributed by atoms with Crippen molar-refractivity contribution < 1.29 is 0 Å². The maximum absolute atomic E-state index is 4.24. The average molecular weight is 257 g/mol. The SMILES string of the molecule is C=C1/C=C\C=C/C(C)(C)CN1C(=C)CC/C=C\CC. The standard InChI is InChI=1S/C18H27N/c1-6-7-8-9-12-16(2)19-15-18(4,5)14-11-10-13-17(19)3/h7-8,10-11,13-14H,2-3,6,9,12,15H2,1,4-5H3/b8-7-,13-10-,14-11-. The predicted molar refractivity (Wildman–Crippen MR) is 85.7 cm³/mol. The highest BCUT2D eigenvalue weighted by molar-refractivity contribution is 5.26. The van der Waals surface area contributed by atoms with Crippen LogP contribution in [0, 0.1) is 5.41 Å². The van der Waals surface area contributed by atoms with Crippen LogP contribution in [0.15, 0.2) is 61.0 Å². The van der Waals surface area contributed by atoms with Gasteiger partial charge in [0.2, 0.25) is 0 Å². The highest BCUT2D eigenvalue weighted by Gasteiger charge is 2.21. The summed E-state index contributed by atoms with van der Waals surface area (Å²) < 4.78 is 0. The molecule has 0 atom stereocenters. The van der Waals surface area contributed by atoms with Crippen LogP contribution < -0.4 is 0 Å². The highest BCUT2D eigenvalue weighted by atomic mass is 15.1. The van der Waals surface area contributed by atoms with Crippen LogP contribution in [0.4, 0.5) is 0 Å². The molecule has 0 aromatic rings. The number of allylic oxidation sites excluding steroid dienone is 6. The first-order chi connectivity index (χ1) is 8.96. The minimum Gasteiger partial charge on any atom is -0.345 e. The van der Waals surface area contributed by atoms with Crippen molar-refractivity contribution in [3.05, 3.63) is 61.0 Å². The van der Waals surface area contributed by atoms with E-state index < -0.39 is 0 Å². The molecule has 1 rings (SSSR count). The van der Waals surface area contributed by atoms with Gasteiger partial charge in [-0.1, -0.05) is 64.3 Å². The fourth-order valence-corrected chi connectivity index (χ4v) is 2.12. The van der Waals surface area contributed by atoms with Crippen molar-refractivity contribution in [1.29, 1.82) is 0 Å². The van der Waals surface area contributed by atoms with E-state index >= 15 is 0 Å². The van der Waals surface area contributed by atoms with E-state index in [1.807, 2.05) is 0 Å². The van der Waals surface area contributed by atoms with Crippen LogP contribution in [-0.2, 0) is 0 Å². The van der Waals surface area contributed by atoms with Crippen LogP contribution in [0.3, 0.4) is 0 Å². The molecule has 0 bridgehead atoms. The molecule has 0 saturated heterocycles. The summed E-state index contributed by atoms with van der Waals surface area (Å²) in [6.45, 7) is 16.0. The second kappa shape index (κ2) is 7.18. The molecule has 0 unspecified atom stereocenters. The summed E-state index contributed by atoms with van der Waals surface area (Å²) >= 11 is 0. The third-order valence-electron chi connectivity index (χ3n) is 3.24. The molecule has 1 aliphatic heterocycles. The summed E-state index contributed by atoms with van der Waals surface area (Å²) in [4.78, 5) is 2.25. The van der Waals surface area contributed by atoms with E-state index in [1.54, 1.807) is 0 Å². The lowest BCUT2D eigenvalue weighted by Crippen LogP contribution is -2.31. The Morgan fingerprint density at radius 3 is 2.79 bits per heavy atom. The van der Waals surface area contributed by atoms with Crippen LogP contribution in [0.2, 0.25) is 0 Å². The Labute approximate surface area is 118 Å². The molecular weight excluding hydrogens is 230 g/mol. The summed E-state index contributed by atoms with van der Waals surface area (Å²) in [5.41, 5.74) is 2.32. The van der Waals surface area contributed by atoms with Crippen molar-refractivity contribution in [2.75, 3.05) is 6.54 Å². The number of hydrogen-bond acceptors (Lipinski definition) is 1. The Balaban J connectivity index is 2.70. The van der Waals surface area contributed by atoms with Crippen LogP contribution in [0.1, 0.15) is 40.0 Å². The van der Waals surface area contributed by atoms with Crippen LogP contribution in [-0.4, -0.2) is 11.4 Å². The predicted octanol–water partition coefficient (Wildman–Crippen LogP) is 5.21. The third kappa shape index (κ3) is 5.34. The van der Waals surface area contributed by atoms with Crippen molar-refractivity contribution in [3.8, 4) is 0 Å². The molecule has 1 heteroatoms. The van der Waals surface area contributed by atoms with Crippen molar-refractivity contribution in [3.63, 3.8) is 0 Å². The van der Waals surface area contributed by atoms with E-state index in [-0.39, 0.29) is 5.41 Å². The lowest BCUT2D eigenvalue weighted by molar-refractivity contribution is 0.306. The van der Waals surface area contributed by atoms with Crippen LogP contribution >= 0.6 is 0 Å². The first-order valence-electron chi connectivity index (χ1n) is 7.11. The summed E-state index contributed by atoms with van der Waals surface area (Å²) in [5.74, 6) is 0. The first-order valence-corrected chi connectivity index (χ1v) is 7.11. The largest absolute Gasteiger partial charge is 0.345 e. The van der Waals surface area contributed by atoms with Gasteiger partial charge in [-0.15, -0.1) is 0 Å². The number of hydrogen-bond donors (Lipinski definition) is 0. The van der Waals surface area contributed by atoms with Crippen molar-refractivity contribution >= 4 is 0 Å². The minimum absolute atomic E-state index is 0.135. The van der Waals surface area contributed by atoms with Crippen molar-refractivity contribution in [2.45, 2.75) is 40.0 Å². The normalized spacial score (nSPS) is 22.1. The van der Waals surface area contributed by atoms with E-state index in [0.29, 0.717) is 0 Å². The van der Waals surface area contributed by atoms with E-state index in [1.165, 1.54) is 0 Å². The van der Waals surface area contributed by atoms with Gasteiger partial charge in [0.25, 0.3) is 0 Å². The number of rotatable bonds is 5. The Morgan fingerprint density at radius 2 is 2.11 bits per heavy atom. The Morgan fingerprint density at radius 1 is 1.37 bits per heavy atom. The van der Waals surface area contributed by atoms with E-state index in [9.17, 15) is 0 Å². The third-order valence-corrected chi connectivity index (χ3v) is 3.24. The second-order valence-electron chi connectivity index (χ2n) is 5.77. The summed E-state index contributed by atoms with van der Waals surface area (Å²) in [6, 6.07) is 0. The van der Waals surface area contributed by atoms with E-state index in [2.05, 4.69) is 75.3 Å². The lowest BCUT2D eigenvalue weighted by atomic mass is 9.90. The molecule has 0 aromatic heterocycles. The van der Waals surface area contributed by atoms with E-state index in [0.717, 1.165) is 37.2 Å². The molecule has 1 nitrogen and oxygen atoms in total. The van der Waals surface area contributed by atoms with Crippen LogP contribution in [0.25, 0.3) is 0 Å². The molecule has 0 aromatic carbocycles. The van der Waals surface area contributed by atoms with E-state index in [4.69, 9.17) is 0 Å². The van der Waals surface area contributed by atoms with Gasteiger partial charge in [0.15, 0.2) is 0 Å². The van der Waals surface area contributed by atoms with Gasteiger partial charge >= 0.3 is 0 Å². The molecule has 0 amide bonds. The molecule has 104 valence electrons. The zero-order chi connectivity index (χ0) is 14.3. The molecule has 0 aliphatic carbocycles. The molecular formula is C18H27N. The fourth-order valence-electron chi connectivity index (χ4n) is 2.12. The van der Waals surface area contributed by atoms with Gasteiger partial charge in [-0.25, -0.2) is 0 Å². The summed E-state index contributed by atoms with van der Waals surface area (Å²) in [6.07, 6.45) is 16.0. The smallest absolute Gasteiger partial charge is 0.0335 e. The zero-order valence-corrected chi connectivity index (χ0v) is 12.7. The van der Waals surface area contributed by atoms with Crippen molar-refractivity contribution in [1.82, 2.24) is 4.90 Å². The maximum Gasteiger partial charge on any atom is 0.0335 e. The number of nitrogens with zero attached hydrogens (tertiary/aromatic N) is 1. The molecule has 1 aliphatic rings. The van der Waals surface area contributed by atoms with Gasteiger partial charge in [-0.2, -0.15) is 0 Å². The topological polar surface area (TPSA) is 3.24 Å². The van der Waals surface area contributed by atoms with Gasteiger partial charge in [0, 0.05) is 23.4 Å². The molecule has 19 heavy (non-hydrogen) atoms. The Kier molecular flexibility index (Phi) is 5.88. The molecule has 0 radical (unpaired) electrons. The Bertz CT molecular complexity index is 407. The summed E-state index contributed by atoms with van der Waals surface area (Å²) in [7, 11) is 0. The zero-order valence-electron chi connectivity index (χ0n) is 12.7. The second-order valence-corrected chi connectivity index (χ2v) is 5.77. The molecule has 0 spiro atoms. The van der Waals surface area contributed by atoms with Crippen molar-refractivity contribution in [2.24, 2.45) is 5.41 Å². The molecule has 0 fully saturated rings. The quantitative estimate of drug-likeness (QED) is 0.611. The monoisotopic (exact) mass is 257 g/mol.